The highest BCUT2D eigenvalue weighted by Gasteiger charge is 2.08. The topological polar surface area (TPSA) is 45.0 Å². The first kappa shape index (κ1) is 14.9. The van der Waals surface area contributed by atoms with Gasteiger partial charge in [-0.2, -0.15) is 5.26 Å². The Balaban J connectivity index is 1.94. The largest absolute Gasteiger partial charge is 0.491 e. The van der Waals surface area contributed by atoms with E-state index in [-0.39, 0.29) is 11.6 Å². The summed E-state index contributed by atoms with van der Waals surface area (Å²) in [5.41, 5.74) is 2.08. The number of ether oxygens (including phenoxy) is 1. The minimum atomic E-state index is -0.416. The van der Waals surface area contributed by atoms with Crippen molar-refractivity contribution in [3.05, 3.63) is 59.4 Å². The number of hydrogen-bond acceptors (Lipinski definition) is 3. The van der Waals surface area contributed by atoms with Crippen molar-refractivity contribution < 1.29 is 9.13 Å². The fourth-order valence-electron chi connectivity index (χ4n) is 1.90. The lowest BCUT2D eigenvalue weighted by atomic mass is 10.1. The van der Waals surface area contributed by atoms with Crippen LogP contribution >= 0.6 is 0 Å². The number of nitrogens with one attached hydrogen (secondary N) is 1. The third-order valence-electron chi connectivity index (χ3n) is 3.02. The molecule has 1 unspecified atom stereocenters. The number of hydrogen-bond donors (Lipinski definition) is 1. The Morgan fingerprint density at radius 3 is 2.62 bits per heavy atom. The lowest BCUT2D eigenvalue weighted by Gasteiger charge is -2.17. The zero-order chi connectivity index (χ0) is 15.2. The van der Waals surface area contributed by atoms with Gasteiger partial charge in [0.15, 0.2) is 0 Å². The predicted octanol–water partition coefficient (Wildman–Crippen LogP) is 3.89. The maximum atomic E-state index is 13.1. The fourth-order valence-corrected chi connectivity index (χ4v) is 1.90. The van der Waals surface area contributed by atoms with Crippen LogP contribution in [0.2, 0.25) is 0 Å². The van der Waals surface area contributed by atoms with Crippen molar-refractivity contribution in [3.63, 3.8) is 0 Å². The van der Waals surface area contributed by atoms with Crippen molar-refractivity contribution in [1.29, 1.82) is 5.26 Å². The smallest absolute Gasteiger partial charge is 0.124 e. The molecule has 0 amide bonds. The number of nitrogens with zero attached hydrogens (tertiary/aromatic N) is 1. The maximum absolute atomic E-state index is 13.1. The Hall–Kier alpha value is -2.54. The second-order valence-electron chi connectivity index (χ2n) is 4.97. The first-order valence-electron chi connectivity index (χ1n) is 6.74. The van der Waals surface area contributed by atoms with Crippen molar-refractivity contribution >= 4 is 5.69 Å². The molecule has 0 aliphatic rings. The van der Waals surface area contributed by atoms with Gasteiger partial charge in [-0.25, -0.2) is 4.39 Å². The van der Waals surface area contributed by atoms with Crippen LogP contribution in [0.15, 0.2) is 42.5 Å². The van der Waals surface area contributed by atoms with E-state index in [0.29, 0.717) is 12.3 Å². The van der Waals surface area contributed by atoms with Crippen LogP contribution < -0.4 is 10.1 Å². The Bertz CT molecular complexity index is 647. The molecule has 3 nitrogen and oxygen atoms in total. The third kappa shape index (κ3) is 4.22. The molecule has 0 aromatic heterocycles. The zero-order valence-corrected chi connectivity index (χ0v) is 12.1. The Morgan fingerprint density at radius 2 is 1.95 bits per heavy atom. The molecule has 0 spiro atoms. The van der Waals surface area contributed by atoms with E-state index in [4.69, 9.17) is 10.00 Å². The molecule has 2 aromatic rings. The van der Waals surface area contributed by atoms with E-state index in [1.54, 1.807) is 6.07 Å². The highest BCUT2D eigenvalue weighted by atomic mass is 19.1. The first-order valence-corrected chi connectivity index (χ1v) is 6.74. The van der Waals surface area contributed by atoms with Crippen LogP contribution in [0.25, 0.3) is 0 Å². The number of benzene rings is 2. The summed E-state index contributed by atoms with van der Waals surface area (Å²) in [7, 11) is 0. The number of aryl methyl sites for hydroxylation is 1. The highest BCUT2D eigenvalue weighted by molar-refractivity contribution is 5.57. The molecule has 0 fully saturated rings. The standard InChI is InChI=1S/C17H17FN2O/c1-12-3-6-16(7-4-12)21-11-13(2)20-17-8-5-15(18)9-14(17)10-19/h3-9,13,20H,11H2,1-2H3. The normalized spacial score (nSPS) is 11.5. The van der Waals surface area contributed by atoms with Gasteiger partial charge in [-0.3, -0.25) is 0 Å². The van der Waals surface area contributed by atoms with Gasteiger partial charge >= 0.3 is 0 Å². The molecule has 0 radical (unpaired) electrons. The average Bonchev–Trinajstić information content (AvgIpc) is 2.48. The number of halogens is 1. The van der Waals surface area contributed by atoms with Gasteiger partial charge in [-0.1, -0.05) is 17.7 Å². The predicted molar refractivity (Wildman–Crippen MR) is 80.9 cm³/mol. The van der Waals surface area contributed by atoms with Crippen LogP contribution in [0, 0.1) is 24.1 Å². The molecule has 0 saturated carbocycles. The van der Waals surface area contributed by atoms with Gasteiger partial charge in [-0.05, 0) is 44.2 Å². The van der Waals surface area contributed by atoms with Gasteiger partial charge in [0.1, 0.15) is 24.2 Å². The fraction of sp³-hybridized carbons (Fsp3) is 0.235. The molecule has 1 N–H and O–H groups in total. The van der Waals surface area contributed by atoms with Crippen LogP contribution in [-0.2, 0) is 0 Å². The number of nitriles is 1. The molecule has 0 heterocycles. The summed E-state index contributed by atoms with van der Waals surface area (Å²) in [4.78, 5) is 0. The van der Waals surface area contributed by atoms with E-state index in [2.05, 4.69) is 5.32 Å². The lowest BCUT2D eigenvalue weighted by Crippen LogP contribution is -2.24. The van der Waals surface area contributed by atoms with E-state index in [1.807, 2.05) is 44.2 Å². The molecular weight excluding hydrogens is 267 g/mol. The van der Waals surface area contributed by atoms with E-state index in [9.17, 15) is 4.39 Å². The first-order chi connectivity index (χ1) is 10.1. The maximum Gasteiger partial charge on any atom is 0.124 e. The van der Waals surface area contributed by atoms with Gasteiger partial charge in [-0.15, -0.1) is 0 Å². The molecule has 21 heavy (non-hydrogen) atoms. The molecule has 0 aliphatic heterocycles. The molecule has 0 saturated heterocycles. The number of anilines is 1. The molecule has 2 aromatic carbocycles. The Morgan fingerprint density at radius 1 is 1.24 bits per heavy atom. The highest BCUT2D eigenvalue weighted by Crippen LogP contribution is 2.17. The molecule has 2 rings (SSSR count). The summed E-state index contributed by atoms with van der Waals surface area (Å²) < 4.78 is 18.7. The van der Waals surface area contributed by atoms with Gasteiger partial charge in [0, 0.05) is 0 Å². The van der Waals surface area contributed by atoms with Crippen LogP contribution in [0.5, 0.6) is 5.75 Å². The Kier molecular flexibility index (Phi) is 4.78. The SMILES string of the molecule is Cc1ccc(OCC(C)Nc2ccc(F)cc2C#N)cc1. The summed E-state index contributed by atoms with van der Waals surface area (Å²) in [6, 6.07) is 13.9. The summed E-state index contributed by atoms with van der Waals surface area (Å²) in [6.45, 7) is 4.41. The average molecular weight is 284 g/mol. The quantitative estimate of drug-likeness (QED) is 0.906. The van der Waals surface area contributed by atoms with Crippen molar-refractivity contribution in [2.45, 2.75) is 19.9 Å². The minimum Gasteiger partial charge on any atom is -0.491 e. The summed E-state index contributed by atoms with van der Waals surface area (Å²) in [5, 5.41) is 12.2. The Labute approximate surface area is 124 Å². The third-order valence-corrected chi connectivity index (χ3v) is 3.02. The molecule has 0 aliphatic carbocycles. The van der Waals surface area contributed by atoms with E-state index in [1.165, 1.54) is 17.7 Å². The summed E-state index contributed by atoms with van der Waals surface area (Å²) in [6.07, 6.45) is 0. The second-order valence-corrected chi connectivity index (χ2v) is 4.97. The van der Waals surface area contributed by atoms with E-state index < -0.39 is 5.82 Å². The summed E-state index contributed by atoms with van der Waals surface area (Å²) in [5.74, 6) is 0.384. The van der Waals surface area contributed by atoms with Crippen molar-refractivity contribution in [2.24, 2.45) is 0 Å². The molecule has 108 valence electrons. The van der Waals surface area contributed by atoms with Crippen LogP contribution in [0.4, 0.5) is 10.1 Å². The zero-order valence-electron chi connectivity index (χ0n) is 12.1. The molecule has 0 bridgehead atoms. The summed E-state index contributed by atoms with van der Waals surface area (Å²) >= 11 is 0. The molecule has 1 atom stereocenters. The van der Waals surface area contributed by atoms with Gasteiger partial charge in [0.2, 0.25) is 0 Å². The monoisotopic (exact) mass is 284 g/mol. The molecular formula is C17H17FN2O. The van der Waals surface area contributed by atoms with Crippen molar-refractivity contribution in [2.75, 3.05) is 11.9 Å². The van der Waals surface area contributed by atoms with E-state index >= 15 is 0 Å². The van der Waals surface area contributed by atoms with Crippen LogP contribution in [0.3, 0.4) is 0 Å². The van der Waals surface area contributed by atoms with Crippen molar-refractivity contribution in [3.8, 4) is 11.8 Å². The van der Waals surface area contributed by atoms with Crippen LogP contribution in [0.1, 0.15) is 18.1 Å². The van der Waals surface area contributed by atoms with E-state index in [0.717, 1.165) is 5.75 Å². The number of rotatable bonds is 5. The van der Waals surface area contributed by atoms with Gasteiger partial charge in [0.25, 0.3) is 0 Å². The molecule has 4 heteroatoms. The second kappa shape index (κ2) is 6.76. The van der Waals surface area contributed by atoms with Gasteiger partial charge in [0.05, 0.1) is 17.3 Å². The minimum absolute atomic E-state index is 0.0103. The lowest BCUT2D eigenvalue weighted by molar-refractivity contribution is 0.304. The van der Waals surface area contributed by atoms with Crippen molar-refractivity contribution in [1.82, 2.24) is 0 Å². The van der Waals surface area contributed by atoms with Crippen LogP contribution in [-0.4, -0.2) is 12.6 Å². The van der Waals surface area contributed by atoms with Gasteiger partial charge < -0.3 is 10.1 Å².